The third-order valence-corrected chi connectivity index (χ3v) is 4.78. The average molecular weight is 421 g/mol. The summed E-state index contributed by atoms with van der Waals surface area (Å²) in [5.74, 6) is 0.446. The minimum Gasteiger partial charge on any atom is -0.406 e. The summed E-state index contributed by atoms with van der Waals surface area (Å²) >= 11 is 0. The van der Waals surface area contributed by atoms with Gasteiger partial charge in [0.15, 0.2) is 5.82 Å². The van der Waals surface area contributed by atoms with Crippen molar-refractivity contribution in [2.45, 2.75) is 40.1 Å². The zero-order valence-electron chi connectivity index (χ0n) is 16.8. The number of nitrogens with one attached hydrogen (secondary N) is 1. The molecule has 7 nitrogen and oxygen atoms in total. The van der Waals surface area contributed by atoms with Crippen LogP contribution < -0.4 is 15.8 Å². The fourth-order valence-corrected chi connectivity index (χ4v) is 3.23. The van der Waals surface area contributed by atoms with Crippen molar-refractivity contribution in [1.82, 2.24) is 19.9 Å². The molecule has 160 valence electrons. The third-order valence-electron chi connectivity index (χ3n) is 4.78. The number of hydrogen-bond donors (Lipinski definition) is 2. The number of imidazole rings is 1. The number of amides is 1. The van der Waals surface area contributed by atoms with Crippen molar-refractivity contribution >= 4 is 22.8 Å². The Morgan fingerprint density at radius 3 is 2.47 bits per heavy atom. The van der Waals surface area contributed by atoms with Gasteiger partial charge in [0.1, 0.15) is 17.1 Å². The molecule has 0 bridgehead atoms. The maximum absolute atomic E-state index is 12.2. The van der Waals surface area contributed by atoms with E-state index in [0.717, 1.165) is 34.7 Å². The molecule has 3 N–H and O–H groups in total. The zero-order chi connectivity index (χ0) is 22.1. The van der Waals surface area contributed by atoms with Crippen LogP contribution in [0.5, 0.6) is 5.75 Å². The number of nitrogen functional groups attached to an aromatic ring is 1. The quantitative estimate of drug-likeness (QED) is 0.593. The molecule has 0 saturated carbocycles. The monoisotopic (exact) mass is 421 g/mol. The van der Waals surface area contributed by atoms with Crippen LogP contribution in [0.2, 0.25) is 0 Å². The molecule has 1 amide bonds. The zero-order valence-corrected chi connectivity index (χ0v) is 16.8. The van der Waals surface area contributed by atoms with Crippen molar-refractivity contribution in [2.75, 3.05) is 12.3 Å². The van der Waals surface area contributed by atoms with Gasteiger partial charge in [-0.05, 0) is 57.0 Å². The number of pyridine rings is 1. The van der Waals surface area contributed by atoms with Crippen LogP contribution >= 0.6 is 0 Å². The summed E-state index contributed by atoms with van der Waals surface area (Å²) in [7, 11) is 0. The number of fused-ring (bicyclic) bond motifs is 1. The van der Waals surface area contributed by atoms with Gasteiger partial charge in [-0.25, -0.2) is 9.97 Å². The highest BCUT2D eigenvalue weighted by atomic mass is 19.4. The predicted molar refractivity (Wildman–Crippen MR) is 106 cm³/mol. The number of nitrogens with two attached hydrogens (primary N) is 1. The van der Waals surface area contributed by atoms with E-state index >= 15 is 0 Å². The van der Waals surface area contributed by atoms with Crippen LogP contribution in [0.3, 0.4) is 0 Å². The molecule has 0 spiro atoms. The van der Waals surface area contributed by atoms with Crippen LogP contribution in [0.15, 0.2) is 24.3 Å². The first-order valence-corrected chi connectivity index (χ1v) is 9.30. The Hall–Kier alpha value is -3.30. The van der Waals surface area contributed by atoms with Crippen molar-refractivity contribution < 1.29 is 22.7 Å². The van der Waals surface area contributed by atoms with Crippen LogP contribution in [0, 0.1) is 20.8 Å². The van der Waals surface area contributed by atoms with Crippen LogP contribution in [-0.2, 0) is 6.54 Å². The minimum absolute atomic E-state index is 0.249. The first-order valence-electron chi connectivity index (χ1n) is 9.30. The van der Waals surface area contributed by atoms with E-state index in [1.807, 2.05) is 25.3 Å². The normalized spacial score (nSPS) is 11.7. The molecule has 0 aliphatic carbocycles. The van der Waals surface area contributed by atoms with E-state index in [9.17, 15) is 18.0 Å². The number of aryl methyl sites for hydroxylation is 4. The molecule has 2 aromatic heterocycles. The Balaban J connectivity index is 1.60. The fourth-order valence-electron chi connectivity index (χ4n) is 3.23. The van der Waals surface area contributed by atoms with Crippen LogP contribution in [0.1, 0.15) is 33.9 Å². The summed E-state index contributed by atoms with van der Waals surface area (Å²) in [5.41, 5.74) is 9.69. The number of carbonyl (C=O) groups excluding carboxylic acids is 1. The number of rotatable bonds is 6. The van der Waals surface area contributed by atoms with E-state index in [4.69, 9.17) is 5.73 Å². The largest absolute Gasteiger partial charge is 0.573 e. The van der Waals surface area contributed by atoms with E-state index in [-0.39, 0.29) is 17.2 Å². The Morgan fingerprint density at radius 2 is 1.83 bits per heavy atom. The van der Waals surface area contributed by atoms with Crippen LogP contribution in [0.4, 0.5) is 19.0 Å². The van der Waals surface area contributed by atoms with Crippen molar-refractivity contribution in [3.8, 4) is 5.75 Å². The topological polar surface area (TPSA) is 95.1 Å². The Morgan fingerprint density at radius 1 is 1.17 bits per heavy atom. The van der Waals surface area contributed by atoms with Gasteiger partial charge in [0.2, 0.25) is 0 Å². The highest BCUT2D eigenvalue weighted by Gasteiger charge is 2.31. The van der Waals surface area contributed by atoms with E-state index in [1.165, 1.54) is 12.1 Å². The Labute approximate surface area is 171 Å². The molecule has 0 atom stereocenters. The molecule has 10 heteroatoms. The van der Waals surface area contributed by atoms with E-state index < -0.39 is 6.36 Å². The number of carbonyl (C=O) groups is 1. The predicted octanol–water partition coefficient (Wildman–Crippen LogP) is 3.66. The van der Waals surface area contributed by atoms with Gasteiger partial charge in [-0.3, -0.25) is 4.79 Å². The number of hydrogen-bond acceptors (Lipinski definition) is 5. The lowest BCUT2D eigenvalue weighted by atomic mass is 10.2. The number of ether oxygens (including phenoxy) is 1. The van der Waals surface area contributed by atoms with E-state index in [2.05, 4.69) is 20.0 Å². The second-order valence-corrected chi connectivity index (χ2v) is 6.90. The first kappa shape index (κ1) is 21.4. The summed E-state index contributed by atoms with van der Waals surface area (Å²) < 4.78 is 42.4. The number of anilines is 1. The van der Waals surface area contributed by atoms with Gasteiger partial charge in [0.05, 0.1) is 5.52 Å². The molecular formula is C20H22F3N5O2. The van der Waals surface area contributed by atoms with Gasteiger partial charge in [-0.2, -0.15) is 0 Å². The number of nitrogens with zero attached hydrogens (tertiary/aromatic N) is 3. The Kier molecular flexibility index (Phi) is 5.86. The molecule has 0 fully saturated rings. The highest BCUT2D eigenvalue weighted by Crippen LogP contribution is 2.26. The summed E-state index contributed by atoms with van der Waals surface area (Å²) in [6, 6.07) is 4.78. The fraction of sp³-hybridized carbons (Fsp3) is 0.350. The molecule has 0 saturated heterocycles. The summed E-state index contributed by atoms with van der Waals surface area (Å²) in [4.78, 5) is 21.0. The van der Waals surface area contributed by atoms with Gasteiger partial charge in [0, 0.05) is 24.3 Å². The Bertz CT molecular complexity index is 1070. The van der Waals surface area contributed by atoms with Gasteiger partial charge in [-0.1, -0.05) is 0 Å². The van der Waals surface area contributed by atoms with Gasteiger partial charge in [-0.15, -0.1) is 13.2 Å². The molecule has 30 heavy (non-hydrogen) atoms. The van der Waals surface area contributed by atoms with Gasteiger partial charge < -0.3 is 20.4 Å². The molecule has 0 radical (unpaired) electrons. The van der Waals surface area contributed by atoms with Crippen molar-refractivity contribution in [2.24, 2.45) is 0 Å². The number of alkyl halides is 3. The van der Waals surface area contributed by atoms with Crippen LogP contribution in [0.25, 0.3) is 11.0 Å². The maximum Gasteiger partial charge on any atom is 0.573 e. The molecular weight excluding hydrogens is 399 g/mol. The van der Waals surface area contributed by atoms with E-state index in [1.54, 1.807) is 0 Å². The standard InChI is InChI=1S/C20H22F3N5O2/c1-11-12(2)26-18(24)16-17(11)28(13(3)27-16)10-4-9-25-19(29)14-5-7-15(8-6-14)30-20(21,22)23/h5-8H,4,9-10H2,1-3H3,(H2,24,26)(H,25,29). The number of benzene rings is 1. The lowest BCUT2D eigenvalue weighted by Crippen LogP contribution is -2.25. The first-order chi connectivity index (χ1) is 14.1. The molecule has 3 rings (SSSR count). The second-order valence-electron chi connectivity index (χ2n) is 6.90. The number of aromatic nitrogens is 3. The molecule has 3 aromatic rings. The molecule has 0 aliphatic heterocycles. The average Bonchev–Trinajstić information content (AvgIpc) is 2.99. The summed E-state index contributed by atoms with van der Waals surface area (Å²) in [6.45, 7) is 6.75. The highest BCUT2D eigenvalue weighted by molar-refractivity contribution is 5.94. The minimum atomic E-state index is -4.77. The molecule has 0 unspecified atom stereocenters. The molecule has 0 aliphatic rings. The van der Waals surface area contributed by atoms with Crippen molar-refractivity contribution in [3.63, 3.8) is 0 Å². The third kappa shape index (κ3) is 4.64. The smallest absolute Gasteiger partial charge is 0.406 e. The van der Waals surface area contributed by atoms with Gasteiger partial charge >= 0.3 is 6.36 Å². The van der Waals surface area contributed by atoms with Crippen molar-refractivity contribution in [3.05, 3.63) is 46.9 Å². The van der Waals surface area contributed by atoms with Crippen molar-refractivity contribution in [1.29, 1.82) is 0 Å². The lowest BCUT2D eigenvalue weighted by Gasteiger charge is -2.11. The van der Waals surface area contributed by atoms with Gasteiger partial charge in [0.25, 0.3) is 5.91 Å². The maximum atomic E-state index is 12.2. The molecule has 1 aromatic carbocycles. The second kappa shape index (κ2) is 8.21. The summed E-state index contributed by atoms with van der Waals surface area (Å²) in [6.07, 6.45) is -4.13. The van der Waals surface area contributed by atoms with Crippen LogP contribution in [-0.4, -0.2) is 33.3 Å². The lowest BCUT2D eigenvalue weighted by molar-refractivity contribution is -0.274. The SMILES string of the molecule is Cc1nc(N)c2nc(C)n(CCCNC(=O)c3ccc(OC(F)(F)F)cc3)c2c1C. The van der Waals surface area contributed by atoms with E-state index in [0.29, 0.717) is 30.8 Å². The molecule has 2 heterocycles. The number of halogens is 3. The summed E-state index contributed by atoms with van der Waals surface area (Å²) in [5, 5.41) is 2.76.